The fourth-order valence-corrected chi connectivity index (χ4v) is 5.10. The zero-order valence-corrected chi connectivity index (χ0v) is 21.7. The molecule has 1 aliphatic carbocycles. The number of carbonyl (C=O) groups excluding carboxylic acids is 1. The lowest BCUT2D eigenvalue weighted by molar-refractivity contribution is 0.0954. The number of carbonyl (C=O) groups is 1. The number of benzene rings is 2. The second-order valence-corrected chi connectivity index (χ2v) is 10.1. The molecule has 8 heteroatoms. The molecular formula is C27H35Cl2N5O. The number of nitrogens with zero attached hydrogens (tertiary/aromatic N) is 2. The zero-order valence-electron chi connectivity index (χ0n) is 20.2. The molecule has 4 rings (SSSR count). The topological polar surface area (TPSA) is 68.8 Å². The van der Waals surface area contributed by atoms with Gasteiger partial charge in [0.2, 0.25) is 0 Å². The van der Waals surface area contributed by atoms with Crippen LogP contribution >= 0.6 is 23.2 Å². The Morgan fingerprint density at radius 3 is 2.40 bits per heavy atom. The molecule has 2 aliphatic rings. The Hall–Kier alpha value is -2.28. The largest absolute Gasteiger partial charge is 0.352 e. The Balaban J connectivity index is 1.36. The molecule has 1 saturated carbocycles. The van der Waals surface area contributed by atoms with Crippen molar-refractivity contribution in [1.82, 2.24) is 15.5 Å². The van der Waals surface area contributed by atoms with Crippen LogP contribution in [0.3, 0.4) is 0 Å². The first-order chi connectivity index (χ1) is 17.1. The van der Waals surface area contributed by atoms with E-state index >= 15 is 0 Å². The Morgan fingerprint density at radius 2 is 1.71 bits per heavy atom. The number of nitrogens with one attached hydrogen (secondary N) is 3. The lowest BCUT2D eigenvalue weighted by Gasteiger charge is -2.31. The minimum atomic E-state index is -0.101. The summed E-state index contributed by atoms with van der Waals surface area (Å²) in [7, 11) is 0. The van der Waals surface area contributed by atoms with E-state index in [0.29, 0.717) is 34.6 Å². The van der Waals surface area contributed by atoms with Gasteiger partial charge in [-0.25, -0.2) is 4.99 Å². The minimum Gasteiger partial charge on any atom is -0.352 e. The van der Waals surface area contributed by atoms with Gasteiger partial charge >= 0.3 is 0 Å². The van der Waals surface area contributed by atoms with Crippen LogP contribution in [0.4, 0.5) is 5.69 Å². The van der Waals surface area contributed by atoms with Crippen molar-refractivity contribution in [2.45, 2.75) is 51.0 Å². The molecule has 2 aromatic rings. The van der Waals surface area contributed by atoms with Crippen LogP contribution in [0.25, 0.3) is 0 Å². The van der Waals surface area contributed by atoms with Crippen LogP contribution in [0.2, 0.25) is 10.0 Å². The maximum absolute atomic E-state index is 12.6. The van der Waals surface area contributed by atoms with E-state index in [4.69, 9.17) is 28.2 Å². The van der Waals surface area contributed by atoms with Gasteiger partial charge in [-0.05, 0) is 61.2 Å². The number of rotatable bonds is 6. The standard InChI is InChI=1S/C27H35Cl2N5O/c28-22-10-7-20(25(29)19-22)13-14-31-26(35)21-8-11-24(12-9-21)33-27(34-17-15-30-16-18-34)32-23-5-3-1-2-4-6-23/h7-12,19,23,30H,1-6,13-18H2,(H,31,35)(H,32,33). The SMILES string of the molecule is O=C(NCCc1ccc(Cl)cc1Cl)c1ccc(N/C(=N/C2CCCCCC2)N2CCNCC2)cc1. The fourth-order valence-electron chi connectivity index (χ4n) is 4.60. The Morgan fingerprint density at radius 1 is 1.00 bits per heavy atom. The first-order valence-electron chi connectivity index (χ1n) is 12.7. The second kappa shape index (κ2) is 13.1. The van der Waals surface area contributed by atoms with Gasteiger partial charge < -0.3 is 20.9 Å². The maximum atomic E-state index is 12.6. The quantitative estimate of drug-likeness (QED) is 0.275. The van der Waals surface area contributed by atoms with Crippen LogP contribution in [0.5, 0.6) is 0 Å². The first-order valence-corrected chi connectivity index (χ1v) is 13.5. The molecule has 0 atom stereocenters. The van der Waals surface area contributed by atoms with Gasteiger partial charge in [0.1, 0.15) is 0 Å². The minimum absolute atomic E-state index is 0.101. The summed E-state index contributed by atoms with van der Waals surface area (Å²) in [5.41, 5.74) is 2.53. The van der Waals surface area contributed by atoms with Crippen LogP contribution in [-0.2, 0) is 6.42 Å². The average Bonchev–Trinajstić information content (AvgIpc) is 3.14. The van der Waals surface area contributed by atoms with Crippen molar-refractivity contribution >= 4 is 40.8 Å². The van der Waals surface area contributed by atoms with Gasteiger partial charge in [0.15, 0.2) is 5.96 Å². The van der Waals surface area contributed by atoms with Crippen molar-refractivity contribution in [3.05, 3.63) is 63.6 Å². The van der Waals surface area contributed by atoms with Crippen LogP contribution in [0.1, 0.15) is 54.4 Å². The van der Waals surface area contributed by atoms with Gasteiger partial charge in [0, 0.05) is 54.0 Å². The lowest BCUT2D eigenvalue weighted by Crippen LogP contribution is -2.49. The molecule has 188 valence electrons. The van der Waals surface area contributed by atoms with Gasteiger partial charge in [0.25, 0.3) is 5.91 Å². The summed E-state index contributed by atoms with van der Waals surface area (Å²) < 4.78 is 0. The third-order valence-corrected chi connectivity index (χ3v) is 7.23. The van der Waals surface area contributed by atoms with E-state index in [-0.39, 0.29) is 5.91 Å². The summed E-state index contributed by atoms with van der Waals surface area (Å²) >= 11 is 12.2. The molecule has 35 heavy (non-hydrogen) atoms. The summed E-state index contributed by atoms with van der Waals surface area (Å²) in [6.07, 6.45) is 8.13. The molecule has 3 N–H and O–H groups in total. The maximum Gasteiger partial charge on any atom is 0.251 e. The number of piperazine rings is 1. The molecule has 0 spiro atoms. The van der Waals surface area contributed by atoms with E-state index in [1.54, 1.807) is 6.07 Å². The Labute approximate surface area is 218 Å². The predicted molar refractivity (Wildman–Crippen MR) is 146 cm³/mol. The van der Waals surface area contributed by atoms with Crippen molar-refractivity contribution in [3.63, 3.8) is 0 Å². The number of amides is 1. The summed E-state index contributed by atoms with van der Waals surface area (Å²) in [4.78, 5) is 20.1. The predicted octanol–water partition coefficient (Wildman–Crippen LogP) is 5.36. The number of aliphatic imine (C=N–C) groups is 1. The molecule has 0 aromatic heterocycles. The molecule has 6 nitrogen and oxygen atoms in total. The Bertz CT molecular complexity index is 997. The van der Waals surface area contributed by atoms with E-state index in [0.717, 1.165) is 56.2 Å². The van der Waals surface area contributed by atoms with Gasteiger partial charge in [-0.1, -0.05) is 55.0 Å². The van der Waals surface area contributed by atoms with E-state index in [9.17, 15) is 4.79 Å². The van der Waals surface area contributed by atoms with Gasteiger partial charge in [0.05, 0.1) is 6.04 Å². The summed E-state index contributed by atoms with van der Waals surface area (Å²) in [5.74, 6) is 0.853. The smallest absolute Gasteiger partial charge is 0.251 e. The van der Waals surface area contributed by atoms with Gasteiger partial charge in [-0.3, -0.25) is 4.79 Å². The molecule has 2 aromatic carbocycles. The molecule has 1 saturated heterocycles. The van der Waals surface area contributed by atoms with Crippen LogP contribution in [0.15, 0.2) is 47.5 Å². The van der Waals surface area contributed by atoms with Crippen LogP contribution < -0.4 is 16.0 Å². The number of hydrogen-bond acceptors (Lipinski definition) is 3. The summed E-state index contributed by atoms with van der Waals surface area (Å²) in [6, 6.07) is 13.4. The highest BCUT2D eigenvalue weighted by Crippen LogP contribution is 2.22. The van der Waals surface area contributed by atoms with E-state index < -0.39 is 0 Å². The van der Waals surface area contributed by atoms with Crippen LogP contribution in [-0.4, -0.2) is 55.5 Å². The van der Waals surface area contributed by atoms with Crippen LogP contribution in [0, 0.1) is 0 Å². The first kappa shape index (κ1) is 25.8. The monoisotopic (exact) mass is 515 g/mol. The van der Waals surface area contributed by atoms with E-state index in [1.165, 1.54) is 25.7 Å². The molecule has 0 unspecified atom stereocenters. The normalized spacial score (nSPS) is 17.7. The third kappa shape index (κ3) is 7.86. The van der Waals surface area contributed by atoms with Crippen molar-refractivity contribution in [3.8, 4) is 0 Å². The van der Waals surface area contributed by atoms with Gasteiger partial charge in [-0.2, -0.15) is 0 Å². The van der Waals surface area contributed by atoms with E-state index in [2.05, 4.69) is 20.9 Å². The van der Waals surface area contributed by atoms with Crippen molar-refractivity contribution in [1.29, 1.82) is 0 Å². The molecule has 0 bridgehead atoms. The summed E-state index contributed by atoms with van der Waals surface area (Å²) in [5, 5.41) is 11.2. The van der Waals surface area contributed by atoms with E-state index in [1.807, 2.05) is 36.4 Å². The Kier molecular flexibility index (Phi) is 9.69. The number of guanidine groups is 1. The average molecular weight is 517 g/mol. The molecule has 1 amide bonds. The lowest BCUT2D eigenvalue weighted by atomic mass is 10.1. The molecular weight excluding hydrogens is 481 g/mol. The molecule has 0 radical (unpaired) electrons. The number of hydrogen-bond donors (Lipinski definition) is 3. The van der Waals surface area contributed by atoms with Crippen molar-refractivity contribution in [2.24, 2.45) is 4.99 Å². The van der Waals surface area contributed by atoms with Gasteiger partial charge in [-0.15, -0.1) is 0 Å². The van der Waals surface area contributed by atoms with Crippen molar-refractivity contribution in [2.75, 3.05) is 38.0 Å². The number of anilines is 1. The number of halogens is 2. The molecule has 1 aliphatic heterocycles. The summed E-state index contributed by atoms with van der Waals surface area (Å²) in [6.45, 7) is 4.31. The second-order valence-electron chi connectivity index (χ2n) is 9.28. The highest BCUT2D eigenvalue weighted by atomic mass is 35.5. The molecule has 2 fully saturated rings. The zero-order chi connectivity index (χ0) is 24.5. The third-order valence-electron chi connectivity index (χ3n) is 6.64. The molecule has 1 heterocycles. The fraction of sp³-hybridized carbons (Fsp3) is 0.481. The van der Waals surface area contributed by atoms with Crippen molar-refractivity contribution < 1.29 is 4.79 Å². The highest BCUT2D eigenvalue weighted by Gasteiger charge is 2.18. The highest BCUT2D eigenvalue weighted by molar-refractivity contribution is 6.35.